The van der Waals surface area contributed by atoms with Gasteiger partial charge >= 0.3 is 8.80 Å². The summed E-state index contributed by atoms with van der Waals surface area (Å²) in [7, 11) is 2.51. The van der Waals surface area contributed by atoms with E-state index in [-0.39, 0.29) is 0 Å². The van der Waals surface area contributed by atoms with Crippen LogP contribution in [0.5, 0.6) is 0 Å². The minimum atomic E-state index is -2.44. The lowest BCUT2D eigenvalue weighted by atomic mass is 10.2. The molecular formula is C11H16I2O3Si. The molecule has 0 unspecified atom stereocenters. The largest absolute Gasteiger partial charge is 0.500 e. The van der Waals surface area contributed by atoms with Crippen molar-refractivity contribution in [1.82, 2.24) is 0 Å². The summed E-state index contributed by atoms with van der Waals surface area (Å²) < 4.78 is 18.7. The second kappa shape index (κ2) is 7.39. The first-order valence-corrected chi connectivity index (χ1v) is 9.24. The first kappa shape index (κ1) is 15.8. The highest BCUT2D eigenvalue weighted by Crippen LogP contribution is 2.20. The summed E-state index contributed by atoms with van der Waals surface area (Å²) in [5, 5.41) is 0. The fourth-order valence-electron chi connectivity index (χ4n) is 1.61. The molecule has 0 saturated heterocycles. The fourth-order valence-corrected chi connectivity index (χ4v) is 5.38. The lowest BCUT2D eigenvalue weighted by Gasteiger charge is -2.24. The summed E-state index contributed by atoms with van der Waals surface area (Å²) in [5.41, 5.74) is 1.30. The third-order valence-electron chi connectivity index (χ3n) is 2.58. The Kier molecular flexibility index (Phi) is 6.88. The second-order valence-corrected chi connectivity index (χ2v) is 9.16. The molecule has 6 heteroatoms. The molecule has 1 aromatic rings. The molecule has 1 rings (SSSR count). The number of aryl methyl sites for hydroxylation is 1. The van der Waals surface area contributed by atoms with E-state index in [4.69, 9.17) is 13.3 Å². The first-order valence-electron chi connectivity index (χ1n) is 5.15. The number of benzene rings is 1. The highest BCUT2D eigenvalue weighted by molar-refractivity contribution is 14.1. The van der Waals surface area contributed by atoms with Gasteiger partial charge < -0.3 is 13.3 Å². The Morgan fingerprint density at radius 2 is 1.41 bits per heavy atom. The van der Waals surface area contributed by atoms with Crippen LogP contribution in [0, 0.1) is 7.14 Å². The van der Waals surface area contributed by atoms with Crippen molar-refractivity contribution in [2.75, 3.05) is 21.3 Å². The molecule has 0 saturated carbocycles. The van der Waals surface area contributed by atoms with Crippen LogP contribution in [0.1, 0.15) is 5.56 Å². The van der Waals surface area contributed by atoms with Crippen molar-refractivity contribution in [2.24, 2.45) is 0 Å². The summed E-state index contributed by atoms with van der Waals surface area (Å²) in [6, 6.07) is 7.32. The van der Waals surface area contributed by atoms with E-state index in [1.54, 1.807) is 21.3 Å². The van der Waals surface area contributed by atoms with Gasteiger partial charge in [0.1, 0.15) is 0 Å². The Labute approximate surface area is 131 Å². The normalized spacial score (nSPS) is 11.8. The van der Waals surface area contributed by atoms with E-state index in [0.29, 0.717) is 0 Å². The molecule has 0 bridgehead atoms. The molecule has 0 heterocycles. The first-order chi connectivity index (χ1) is 8.05. The summed E-state index contributed by atoms with van der Waals surface area (Å²) in [4.78, 5) is 0. The molecule has 0 radical (unpaired) electrons. The zero-order valence-electron chi connectivity index (χ0n) is 10.1. The molecule has 1 aromatic carbocycles. The maximum atomic E-state index is 5.41. The standard InChI is InChI=1S/C11H16I2O3Si/c1-14-17(15-2,16-3)5-4-9-6-10(12)8-11(13)7-9/h6-8H,4-5H2,1-3H3. The predicted octanol–water partition coefficient (Wildman–Crippen LogP) is 3.32. The second-order valence-electron chi connectivity index (χ2n) is 3.57. The SMILES string of the molecule is CO[Si](CCc1cc(I)cc(I)c1)(OC)OC. The number of hydrogen-bond acceptors (Lipinski definition) is 3. The van der Waals surface area contributed by atoms with Crippen LogP contribution in [-0.2, 0) is 19.7 Å². The predicted molar refractivity (Wildman–Crippen MR) is 87.2 cm³/mol. The van der Waals surface area contributed by atoms with Gasteiger partial charge in [0.15, 0.2) is 0 Å². The minimum absolute atomic E-state index is 0.798. The van der Waals surface area contributed by atoms with Crippen LogP contribution in [0.2, 0.25) is 6.04 Å². The maximum Gasteiger partial charge on any atom is 0.500 e. The molecule has 0 N–H and O–H groups in total. The Morgan fingerprint density at radius 3 is 1.82 bits per heavy atom. The molecule has 0 aliphatic rings. The molecule has 0 aliphatic heterocycles. The summed E-state index contributed by atoms with van der Waals surface area (Å²) >= 11 is 4.66. The Hall–Kier alpha value is 0.777. The van der Waals surface area contributed by atoms with Crippen molar-refractivity contribution in [3.63, 3.8) is 0 Å². The van der Waals surface area contributed by atoms with Gasteiger partial charge in [0.25, 0.3) is 0 Å². The van der Waals surface area contributed by atoms with Gasteiger partial charge in [-0.3, -0.25) is 0 Å². The zero-order chi connectivity index (χ0) is 12.9. The van der Waals surface area contributed by atoms with Gasteiger partial charge in [-0.2, -0.15) is 0 Å². The van der Waals surface area contributed by atoms with Gasteiger partial charge in [-0.15, -0.1) is 0 Å². The molecule has 3 nitrogen and oxygen atoms in total. The van der Waals surface area contributed by atoms with Gasteiger partial charge in [-0.05, 0) is 75.4 Å². The summed E-state index contributed by atoms with van der Waals surface area (Å²) in [6.45, 7) is 0. The van der Waals surface area contributed by atoms with Crippen molar-refractivity contribution >= 4 is 54.0 Å². The number of rotatable bonds is 6. The van der Waals surface area contributed by atoms with Crippen LogP contribution in [0.25, 0.3) is 0 Å². The van der Waals surface area contributed by atoms with Crippen molar-refractivity contribution in [1.29, 1.82) is 0 Å². The smallest absolute Gasteiger partial charge is 0.377 e. The van der Waals surface area contributed by atoms with Gasteiger partial charge in [0.2, 0.25) is 0 Å². The minimum Gasteiger partial charge on any atom is -0.377 e. The average molecular weight is 478 g/mol. The van der Waals surface area contributed by atoms with Crippen molar-refractivity contribution < 1.29 is 13.3 Å². The third kappa shape index (κ3) is 4.75. The van der Waals surface area contributed by atoms with Crippen LogP contribution in [0.15, 0.2) is 18.2 Å². The van der Waals surface area contributed by atoms with E-state index in [0.717, 1.165) is 12.5 Å². The number of halogens is 2. The molecule has 17 heavy (non-hydrogen) atoms. The Morgan fingerprint density at radius 1 is 0.941 bits per heavy atom. The van der Waals surface area contributed by atoms with E-state index in [1.165, 1.54) is 12.7 Å². The lowest BCUT2D eigenvalue weighted by Crippen LogP contribution is -2.43. The maximum absolute atomic E-state index is 5.41. The van der Waals surface area contributed by atoms with E-state index in [9.17, 15) is 0 Å². The average Bonchev–Trinajstić information content (AvgIpc) is 2.30. The molecule has 0 atom stereocenters. The molecule has 0 aliphatic carbocycles. The van der Waals surface area contributed by atoms with Crippen LogP contribution >= 0.6 is 45.2 Å². The lowest BCUT2D eigenvalue weighted by molar-refractivity contribution is 0.123. The molecule has 0 amide bonds. The van der Waals surface area contributed by atoms with Gasteiger partial charge in [0, 0.05) is 34.5 Å². The molecule has 96 valence electrons. The van der Waals surface area contributed by atoms with Crippen LogP contribution in [0.3, 0.4) is 0 Å². The van der Waals surface area contributed by atoms with Gasteiger partial charge in [-0.25, -0.2) is 0 Å². The van der Waals surface area contributed by atoms with E-state index < -0.39 is 8.80 Å². The Balaban J connectivity index is 2.71. The van der Waals surface area contributed by atoms with E-state index in [1.807, 2.05) is 0 Å². The van der Waals surface area contributed by atoms with Crippen molar-refractivity contribution in [3.05, 3.63) is 30.9 Å². The van der Waals surface area contributed by atoms with Crippen LogP contribution in [-0.4, -0.2) is 30.1 Å². The van der Waals surface area contributed by atoms with Gasteiger partial charge in [0.05, 0.1) is 0 Å². The third-order valence-corrected chi connectivity index (χ3v) is 6.55. The molecule has 0 spiro atoms. The van der Waals surface area contributed by atoms with Crippen molar-refractivity contribution in [2.45, 2.75) is 12.5 Å². The van der Waals surface area contributed by atoms with E-state index >= 15 is 0 Å². The van der Waals surface area contributed by atoms with Crippen LogP contribution in [0.4, 0.5) is 0 Å². The fraction of sp³-hybridized carbons (Fsp3) is 0.455. The van der Waals surface area contributed by atoms with Crippen LogP contribution < -0.4 is 0 Å². The van der Waals surface area contributed by atoms with E-state index in [2.05, 4.69) is 63.4 Å². The summed E-state index contributed by atoms with van der Waals surface area (Å²) in [5.74, 6) is 0. The quantitative estimate of drug-likeness (QED) is 0.464. The highest BCUT2D eigenvalue weighted by Gasteiger charge is 2.37. The monoisotopic (exact) mass is 478 g/mol. The Bertz CT molecular complexity index is 341. The molecular weight excluding hydrogens is 462 g/mol. The zero-order valence-corrected chi connectivity index (χ0v) is 15.4. The molecule has 0 fully saturated rings. The number of hydrogen-bond donors (Lipinski definition) is 0. The topological polar surface area (TPSA) is 27.7 Å². The highest BCUT2D eigenvalue weighted by atomic mass is 127. The molecule has 0 aromatic heterocycles. The van der Waals surface area contributed by atoms with Gasteiger partial charge in [-0.1, -0.05) is 0 Å². The summed E-state index contributed by atoms with van der Waals surface area (Å²) in [6.07, 6.45) is 0.911. The van der Waals surface area contributed by atoms with Crippen molar-refractivity contribution in [3.8, 4) is 0 Å².